The Bertz CT molecular complexity index is 1520. The SMILES string of the molecule is COc1cc(OC)c(OC)cc1/C=C/COC(=O)C1CCCN1C(=O)C(NC(=O)C(O)Cc1ccc(O)c(O)c1)c1cccs1. The number of ether oxygens (including phenoxy) is 4. The highest BCUT2D eigenvalue weighted by molar-refractivity contribution is 7.10. The molecule has 4 rings (SSSR count). The molecular formula is C32H36N2O10S. The Morgan fingerprint density at radius 3 is 2.42 bits per heavy atom. The summed E-state index contributed by atoms with van der Waals surface area (Å²) in [6.07, 6.45) is 2.63. The molecule has 2 amide bonds. The maximum atomic E-state index is 13.8. The van der Waals surface area contributed by atoms with E-state index in [1.54, 1.807) is 41.8 Å². The number of aliphatic hydroxyl groups is 1. The fourth-order valence-electron chi connectivity index (χ4n) is 4.99. The average molecular weight is 641 g/mol. The van der Waals surface area contributed by atoms with Crippen molar-refractivity contribution in [1.82, 2.24) is 10.2 Å². The van der Waals surface area contributed by atoms with Crippen molar-refractivity contribution in [3.63, 3.8) is 0 Å². The zero-order valence-corrected chi connectivity index (χ0v) is 25.9. The number of amides is 2. The highest BCUT2D eigenvalue weighted by Gasteiger charge is 2.39. The minimum absolute atomic E-state index is 0.0566. The summed E-state index contributed by atoms with van der Waals surface area (Å²) in [6.45, 7) is 0.239. The molecule has 1 fully saturated rings. The van der Waals surface area contributed by atoms with Crippen molar-refractivity contribution in [3.05, 3.63) is 69.9 Å². The number of aliphatic hydroxyl groups excluding tert-OH is 1. The standard InChI is InChI=1S/C32H36N2O10S/c1-41-25-18-27(43-3)26(42-2)17-20(25)7-5-13-44-32(40)21-8-4-12-34(21)31(39)29(28-9-6-14-45-28)33-30(38)24(37)16-19-10-11-22(35)23(36)15-19/h5-7,9-11,14-15,17-18,21,24,29,35-37H,4,8,12-13,16H2,1-3H3,(H,33,38)/b7-5+. The number of hydrogen-bond donors (Lipinski definition) is 4. The first-order chi connectivity index (χ1) is 21.7. The van der Waals surface area contributed by atoms with Gasteiger partial charge in [0.25, 0.3) is 5.91 Å². The number of nitrogens with one attached hydrogen (secondary N) is 1. The molecule has 3 aromatic rings. The molecule has 240 valence electrons. The number of phenols is 2. The molecule has 13 heteroatoms. The Labute approximate surface area is 264 Å². The average Bonchev–Trinajstić information content (AvgIpc) is 3.76. The molecular weight excluding hydrogens is 604 g/mol. The number of esters is 1. The third-order valence-electron chi connectivity index (χ3n) is 7.30. The van der Waals surface area contributed by atoms with Gasteiger partial charge in [0.05, 0.1) is 21.3 Å². The van der Waals surface area contributed by atoms with Crippen molar-refractivity contribution in [1.29, 1.82) is 0 Å². The van der Waals surface area contributed by atoms with Gasteiger partial charge < -0.3 is 44.5 Å². The van der Waals surface area contributed by atoms with Gasteiger partial charge >= 0.3 is 5.97 Å². The van der Waals surface area contributed by atoms with E-state index in [0.717, 1.165) is 0 Å². The summed E-state index contributed by atoms with van der Waals surface area (Å²) in [5.41, 5.74) is 1.09. The molecule has 3 unspecified atom stereocenters. The number of nitrogens with zero attached hydrogens (tertiary/aromatic N) is 1. The van der Waals surface area contributed by atoms with Crippen molar-refractivity contribution >= 4 is 35.2 Å². The second-order valence-corrected chi connectivity index (χ2v) is 11.2. The van der Waals surface area contributed by atoms with Crippen LogP contribution < -0.4 is 19.5 Å². The Morgan fingerprint density at radius 2 is 1.76 bits per heavy atom. The van der Waals surface area contributed by atoms with Crippen LogP contribution in [0.3, 0.4) is 0 Å². The minimum Gasteiger partial charge on any atom is -0.504 e. The molecule has 2 aromatic carbocycles. The number of likely N-dealkylation sites (tertiary alicyclic amines) is 1. The van der Waals surface area contributed by atoms with Gasteiger partial charge in [-0.05, 0) is 54.1 Å². The van der Waals surface area contributed by atoms with E-state index in [4.69, 9.17) is 18.9 Å². The van der Waals surface area contributed by atoms with Gasteiger partial charge in [-0.25, -0.2) is 4.79 Å². The lowest BCUT2D eigenvalue weighted by Crippen LogP contribution is -2.49. The third kappa shape index (κ3) is 8.05. The molecule has 0 spiro atoms. The zero-order chi connectivity index (χ0) is 32.5. The molecule has 0 aliphatic carbocycles. The number of carbonyl (C=O) groups excluding carboxylic acids is 3. The van der Waals surface area contributed by atoms with Crippen LogP contribution in [0.5, 0.6) is 28.7 Å². The Morgan fingerprint density at radius 1 is 1.02 bits per heavy atom. The van der Waals surface area contributed by atoms with Crippen molar-refractivity contribution in [2.24, 2.45) is 0 Å². The van der Waals surface area contributed by atoms with Crippen LogP contribution in [0.25, 0.3) is 6.08 Å². The molecule has 3 atom stereocenters. The monoisotopic (exact) mass is 640 g/mol. The summed E-state index contributed by atoms with van der Waals surface area (Å²) in [5.74, 6) is -1.02. The first kappa shape index (κ1) is 33.1. The summed E-state index contributed by atoms with van der Waals surface area (Å²) in [4.78, 5) is 41.8. The van der Waals surface area contributed by atoms with Crippen LogP contribution >= 0.6 is 11.3 Å². The number of hydrogen-bond acceptors (Lipinski definition) is 11. The Hall–Kier alpha value is -4.75. The second kappa shape index (κ2) is 15.3. The van der Waals surface area contributed by atoms with Gasteiger partial charge in [0.1, 0.15) is 30.5 Å². The molecule has 0 saturated carbocycles. The van der Waals surface area contributed by atoms with E-state index >= 15 is 0 Å². The van der Waals surface area contributed by atoms with Crippen molar-refractivity contribution in [2.75, 3.05) is 34.5 Å². The first-order valence-corrected chi connectivity index (χ1v) is 15.0. The molecule has 1 aliphatic heterocycles. The minimum atomic E-state index is -1.54. The van der Waals surface area contributed by atoms with Crippen LogP contribution in [0, 0.1) is 0 Å². The molecule has 45 heavy (non-hydrogen) atoms. The lowest BCUT2D eigenvalue weighted by molar-refractivity contribution is -0.153. The normalized spacial score (nSPS) is 15.8. The van der Waals surface area contributed by atoms with Crippen LogP contribution in [0.15, 0.2) is 53.9 Å². The number of benzene rings is 2. The summed E-state index contributed by atoms with van der Waals surface area (Å²) < 4.78 is 21.6. The fraction of sp³-hybridized carbons (Fsp3) is 0.344. The summed E-state index contributed by atoms with van der Waals surface area (Å²) in [7, 11) is 4.57. The fourth-order valence-corrected chi connectivity index (χ4v) is 5.75. The number of carbonyl (C=O) groups is 3. The van der Waals surface area contributed by atoms with E-state index in [2.05, 4.69) is 5.32 Å². The van der Waals surface area contributed by atoms with Gasteiger partial charge in [-0.1, -0.05) is 18.2 Å². The molecule has 12 nitrogen and oxygen atoms in total. The summed E-state index contributed by atoms with van der Waals surface area (Å²) in [6, 6.07) is 8.83. The highest BCUT2D eigenvalue weighted by Crippen LogP contribution is 2.35. The number of phenolic OH excluding ortho intramolecular Hbond substituents is 2. The highest BCUT2D eigenvalue weighted by atomic mass is 32.1. The van der Waals surface area contributed by atoms with Crippen molar-refractivity contribution in [3.8, 4) is 28.7 Å². The lowest BCUT2D eigenvalue weighted by atomic mass is 10.1. The maximum absolute atomic E-state index is 13.8. The van der Waals surface area contributed by atoms with E-state index < -0.39 is 36.0 Å². The largest absolute Gasteiger partial charge is 0.504 e. The Balaban J connectivity index is 1.41. The van der Waals surface area contributed by atoms with Crippen molar-refractivity contribution in [2.45, 2.75) is 37.5 Å². The lowest BCUT2D eigenvalue weighted by Gasteiger charge is -2.28. The molecule has 1 aliphatic rings. The molecule has 4 N–H and O–H groups in total. The third-order valence-corrected chi connectivity index (χ3v) is 8.23. The van der Waals surface area contributed by atoms with Gasteiger partial charge in [-0.3, -0.25) is 9.59 Å². The van der Waals surface area contributed by atoms with Gasteiger partial charge in [-0.2, -0.15) is 0 Å². The molecule has 0 radical (unpaired) electrons. The van der Waals surface area contributed by atoms with Crippen LogP contribution in [-0.2, 0) is 25.5 Å². The smallest absolute Gasteiger partial charge is 0.329 e. The molecule has 0 bridgehead atoms. The Kier molecular flexibility index (Phi) is 11.3. The quantitative estimate of drug-likeness (QED) is 0.161. The van der Waals surface area contributed by atoms with E-state index in [1.807, 2.05) is 0 Å². The molecule has 1 aromatic heterocycles. The van der Waals surface area contributed by atoms with Crippen LogP contribution in [0.2, 0.25) is 0 Å². The van der Waals surface area contributed by atoms with Gasteiger partial charge in [0.15, 0.2) is 23.0 Å². The van der Waals surface area contributed by atoms with E-state index in [-0.39, 0.29) is 24.5 Å². The predicted molar refractivity (Wildman–Crippen MR) is 166 cm³/mol. The second-order valence-electron chi connectivity index (χ2n) is 10.2. The number of rotatable bonds is 13. The molecule has 1 saturated heterocycles. The van der Waals surface area contributed by atoms with E-state index in [9.17, 15) is 29.7 Å². The summed E-state index contributed by atoms with van der Waals surface area (Å²) in [5, 5.41) is 34.2. The zero-order valence-electron chi connectivity index (χ0n) is 25.1. The number of aromatic hydroxyl groups is 2. The number of thiophene rings is 1. The topological polar surface area (TPSA) is 164 Å². The summed E-state index contributed by atoms with van der Waals surface area (Å²) >= 11 is 1.25. The van der Waals surface area contributed by atoms with Crippen LogP contribution in [0.1, 0.15) is 34.9 Å². The van der Waals surface area contributed by atoms with Crippen LogP contribution in [0.4, 0.5) is 0 Å². The maximum Gasteiger partial charge on any atom is 0.329 e. The van der Waals surface area contributed by atoms with Crippen molar-refractivity contribution < 1.29 is 48.7 Å². The van der Waals surface area contributed by atoms with Crippen LogP contribution in [-0.4, -0.2) is 84.6 Å². The first-order valence-electron chi connectivity index (χ1n) is 14.1. The van der Waals surface area contributed by atoms with Gasteiger partial charge in [0, 0.05) is 29.5 Å². The molecule has 2 heterocycles. The predicted octanol–water partition coefficient (Wildman–Crippen LogP) is 3.19. The number of methoxy groups -OCH3 is 3. The van der Waals surface area contributed by atoms with Gasteiger partial charge in [0.2, 0.25) is 5.91 Å². The van der Waals surface area contributed by atoms with E-state index in [1.165, 1.54) is 55.8 Å². The van der Waals surface area contributed by atoms with Gasteiger partial charge in [-0.15, -0.1) is 11.3 Å². The van der Waals surface area contributed by atoms with E-state index in [0.29, 0.717) is 52.6 Å².